The van der Waals surface area contributed by atoms with Gasteiger partial charge in [0.25, 0.3) is 5.56 Å². The fourth-order valence-electron chi connectivity index (χ4n) is 1.25. The quantitative estimate of drug-likeness (QED) is 0.486. The minimum Gasteiger partial charge on any atom is -0.268 e. The van der Waals surface area contributed by atoms with Gasteiger partial charge in [-0.2, -0.15) is 5.10 Å². The molecule has 4 heteroatoms. The first-order valence-corrected chi connectivity index (χ1v) is 6.91. The highest BCUT2D eigenvalue weighted by Crippen LogP contribution is 1.96. The van der Waals surface area contributed by atoms with Gasteiger partial charge in [-0.3, -0.25) is 4.79 Å². The number of alkyl halides is 1. The average molecular weight is 297 g/mol. The fourth-order valence-corrected chi connectivity index (χ4v) is 1.65. The Morgan fingerprint density at radius 1 is 1.41 bits per heavy atom. The lowest BCUT2D eigenvalue weighted by Gasteiger charge is -2.03. The molecule has 0 bridgehead atoms. The SMILES string of the molecule is CC(C)C#Cc1ccc(=O)n(CCCCBr)n1. The molecular weight excluding hydrogens is 280 g/mol. The first kappa shape index (κ1) is 14.0. The summed E-state index contributed by atoms with van der Waals surface area (Å²) in [5.74, 6) is 6.32. The van der Waals surface area contributed by atoms with Crippen molar-refractivity contribution in [3.8, 4) is 11.8 Å². The molecule has 0 fully saturated rings. The number of rotatable bonds is 4. The summed E-state index contributed by atoms with van der Waals surface area (Å²) in [6.07, 6.45) is 1.98. The maximum absolute atomic E-state index is 11.5. The summed E-state index contributed by atoms with van der Waals surface area (Å²) < 4.78 is 1.49. The summed E-state index contributed by atoms with van der Waals surface area (Å²) in [5, 5.41) is 5.18. The van der Waals surface area contributed by atoms with Gasteiger partial charge in [0.2, 0.25) is 0 Å². The van der Waals surface area contributed by atoms with Crippen LogP contribution in [0.4, 0.5) is 0 Å². The Kier molecular flexibility index (Phi) is 5.99. The van der Waals surface area contributed by atoms with E-state index in [1.165, 1.54) is 10.7 Å². The Balaban J connectivity index is 2.80. The predicted octanol–water partition coefficient (Wildman–Crippen LogP) is 2.43. The second-order valence-electron chi connectivity index (χ2n) is 4.10. The van der Waals surface area contributed by atoms with Crippen LogP contribution >= 0.6 is 15.9 Å². The largest absolute Gasteiger partial charge is 0.268 e. The monoisotopic (exact) mass is 296 g/mol. The van der Waals surface area contributed by atoms with Crippen LogP contribution in [0.1, 0.15) is 32.4 Å². The molecule has 0 amide bonds. The molecule has 1 aromatic heterocycles. The van der Waals surface area contributed by atoms with Gasteiger partial charge in [0.05, 0.1) is 0 Å². The van der Waals surface area contributed by atoms with Gasteiger partial charge in [0, 0.05) is 23.9 Å². The molecule has 0 aromatic carbocycles. The highest BCUT2D eigenvalue weighted by Gasteiger charge is 1.98. The van der Waals surface area contributed by atoms with E-state index >= 15 is 0 Å². The highest BCUT2D eigenvalue weighted by molar-refractivity contribution is 9.09. The van der Waals surface area contributed by atoms with E-state index in [2.05, 4.69) is 32.9 Å². The van der Waals surface area contributed by atoms with Crippen molar-refractivity contribution in [3.63, 3.8) is 0 Å². The minimum atomic E-state index is -0.0605. The molecule has 0 spiro atoms. The van der Waals surface area contributed by atoms with Crippen molar-refractivity contribution in [3.05, 3.63) is 28.2 Å². The normalized spacial score (nSPS) is 10.1. The van der Waals surface area contributed by atoms with Crippen LogP contribution in [0.3, 0.4) is 0 Å². The topological polar surface area (TPSA) is 34.9 Å². The third-order valence-corrected chi connectivity index (χ3v) is 2.67. The molecule has 1 rings (SSSR count). The summed E-state index contributed by atoms with van der Waals surface area (Å²) in [5.41, 5.74) is 0.604. The molecule has 0 aliphatic carbocycles. The molecule has 92 valence electrons. The molecule has 0 atom stereocenters. The van der Waals surface area contributed by atoms with Crippen LogP contribution in [0.15, 0.2) is 16.9 Å². The first-order valence-electron chi connectivity index (χ1n) is 5.79. The van der Waals surface area contributed by atoms with Gasteiger partial charge in [-0.15, -0.1) is 0 Å². The number of hydrogen-bond acceptors (Lipinski definition) is 2. The van der Waals surface area contributed by atoms with Gasteiger partial charge < -0.3 is 0 Å². The molecule has 0 saturated carbocycles. The van der Waals surface area contributed by atoms with Crippen molar-refractivity contribution in [1.82, 2.24) is 9.78 Å². The van der Waals surface area contributed by atoms with Gasteiger partial charge >= 0.3 is 0 Å². The van der Waals surface area contributed by atoms with E-state index in [1.807, 2.05) is 13.8 Å². The van der Waals surface area contributed by atoms with Gasteiger partial charge in [0.15, 0.2) is 0 Å². The third kappa shape index (κ3) is 5.18. The van der Waals surface area contributed by atoms with E-state index in [0.717, 1.165) is 18.2 Å². The van der Waals surface area contributed by atoms with Crippen LogP contribution < -0.4 is 5.56 Å². The van der Waals surface area contributed by atoms with Crippen molar-refractivity contribution >= 4 is 15.9 Å². The van der Waals surface area contributed by atoms with E-state index in [9.17, 15) is 4.79 Å². The average Bonchev–Trinajstić information content (AvgIpc) is 2.30. The van der Waals surface area contributed by atoms with Gasteiger partial charge in [-0.05, 0) is 24.8 Å². The molecule has 0 aliphatic heterocycles. The summed E-state index contributed by atoms with van der Waals surface area (Å²) in [6.45, 7) is 4.71. The standard InChI is InChI=1S/C13H17BrN2O/c1-11(2)5-6-12-7-8-13(17)16(15-12)10-4-3-9-14/h7-8,11H,3-4,9-10H2,1-2H3. The smallest absolute Gasteiger partial charge is 0.266 e. The molecule has 3 nitrogen and oxygen atoms in total. The Hall–Kier alpha value is -1.08. The number of hydrogen-bond donors (Lipinski definition) is 0. The lowest BCUT2D eigenvalue weighted by molar-refractivity contribution is 0.543. The summed E-state index contributed by atoms with van der Waals surface area (Å²) >= 11 is 3.37. The highest BCUT2D eigenvalue weighted by atomic mass is 79.9. The zero-order valence-electron chi connectivity index (χ0n) is 10.2. The Labute approximate surface area is 110 Å². The van der Waals surface area contributed by atoms with E-state index in [-0.39, 0.29) is 5.56 Å². The fraction of sp³-hybridized carbons (Fsp3) is 0.538. The number of aromatic nitrogens is 2. The zero-order valence-corrected chi connectivity index (χ0v) is 11.8. The molecule has 0 aliphatic rings. The van der Waals surface area contributed by atoms with Crippen molar-refractivity contribution in [2.24, 2.45) is 5.92 Å². The molecule has 1 aromatic rings. The molecule has 0 N–H and O–H groups in total. The predicted molar refractivity (Wildman–Crippen MR) is 73.2 cm³/mol. The van der Waals surface area contributed by atoms with Crippen LogP contribution in [-0.4, -0.2) is 15.1 Å². The van der Waals surface area contributed by atoms with Gasteiger partial charge in [0.1, 0.15) is 5.69 Å². The van der Waals surface area contributed by atoms with Crippen LogP contribution in [0, 0.1) is 17.8 Å². The second-order valence-corrected chi connectivity index (χ2v) is 4.89. The Morgan fingerprint density at radius 2 is 2.18 bits per heavy atom. The minimum absolute atomic E-state index is 0.0605. The lowest BCUT2D eigenvalue weighted by Crippen LogP contribution is -2.22. The summed E-state index contributed by atoms with van der Waals surface area (Å²) in [6, 6.07) is 3.21. The molecule has 0 saturated heterocycles. The molecule has 0 unspecified atom stereocenters. The second kappa shape index (κ2) is 7.29. The van der Waals surface area contributed by atoms with Crippen molar-refractivity contribution in [2.45, 2.75) is 33.2 Å². The maximum Gasteiger partial charge on any atom is 0.266 e. The zero-order chi connectivity index (χ0) is 12.7. The van der Waals surface area contributed by atoms with Crippen LogP contribution in [0.2, 0.25) is 0 Å². The number of nitrogens with zero attached hydrogens (tertiary/aromatic N) is 2. The molecule has 0 radical (unpaired) electrons. The molecule has 17 heavy (non-hydrogen) atoms. The van der Waals surface area contributed by atoms with Crippen molar-refractivity contribution in [2.75, 3.05) is 5.33 Å². The van der Waals surface area contributed by atoms with E-state index < -0.39 is 0 Å². The van der Waals surface area contributed by atoms with Crippen LogP contribution in [0.25, 0.3) is 0 Å². The Bertz CT molecular complexity index is 468. The number of aryl methyl sites for hydroxylation is 1. The van der Waals surface area contributed by atoms with Crippen LogP contribution in [-0.2, 0) is 6.54 Å². The van der Waals surface area contributed by atoms with Gasteiger partial charge in [-0.25, -0.2) is 4.68 Å². The first-order chi connectivity index (χ1) is 8.13. The Morgan fingerprint density at radius 3 is 2.82 bits per heavy atom. The summed E-state index contributed by atoms with van der Waals surface area (Å²) in [4.78, 5) is 11.5. The maximum atomic E-state index is 11.5. The number of halogens is 1. The van der Waals surface area contributed by atoms with Gasteiger partial charge in [-0.1, -0.05) is 35.7 Å². The number of unbranched alkanes of at least 4 members (excludes halogenated alkanes) is 1. The molecule has 1 heterocycles. The van der Waals surface area contributed by atoms with Crippen LogP contribution in [0.5, 0.6) is 0 Å². The molecular formula is C13H17BrN2O. The third-order valence-electron chi connectivity index (χ3n) is 2.11. The van der Waals surface area contributed by atoms with E-state index in [1.54, 1.807) is 6.07 Å². The van der Waals surface area contributed by atoms with Crippen molar-refractivity contribution in [1.29, 1.82) is 0 Å². The summed E-state index contributed by atoms with van der Waals surface area (Å²) in [7, 11) is 0. The van der Waals surface area contributed by atoms with E-state index in [0.29, 0.717) is 18.2 Å². The lowest BCUT2D eigenvalue weighted by atomic mass is 10.2. The van der Waals surface area contributed by atoms with Crippen molar-refractivity contribution < 1.29 is 0 Å². The van der Waals surface area contributed by atoms with E-state index in [4.69, 9.17) is 0 Å².